The van der Waals surface area contributed by atoms with E-state index in [-0.39, 0.29) is 12.5 Å². The predicted molar refractivity (Wildman–Crippen MR) is 276 cm³/mol. The molecule has 9 nitrogen and oxygen atoms in total. The molecule has 1 aliphatic rings. The quantitative estimate of drug-likeness (QED) is 0.0261. The Balaban J connectivity index is 2.32. The summed E-state index contributed by atoms with van der Waals surface area (Å²) in [4.78, 5) is 13.0. The van der Waals surface area contributed by atoms with E-state index in [0.29, 0.717) is 6.42 Å². The SMILES string of the molecule is CC/C=C\C/C=C\C/C=C\C/C=C\C/C=C\C/C=C\CCCCCCC(=O)NC(COC1OC(CO)C(O)C(O)C1O)C(O)/C=C/CCCCCCCCCCCCCCCCCCCC. The van der Waals surface area contributed by atoms with Gasteiger partial charge >= 0.3 is 0 Å². The van der Waals surface area contributed by atoms with Crippen LogP contribution in [0.5, 0.6) is 0 Å². The number of hydrogen-bond donors (Lipinski definition) is 6. The van der Waals surface area contributed by atoms with Crippen LogP contribution in [0.15, 0.2) is 85.1 Å². The van der Waals surface area contributed by atoms with Gasteiger partial charge in [-0.05, 0) is 70.6 Å². The molecule has 1 amide bonds. The molecule has 0 aliphatic carbocycles. The summed E-state index contributed by atoms with van der Waals surface area (Å²) >= 11 is 0. The second-order valence-electron chi connectivity index (χ2n) is 18.3. The van der Waals surface area contributed by atoms with Crippen LogP contribution in [0.2, 0.25) is 0 Å². The van der Waals surface area contributed by atoms with Gasteiger partial charge in [-0.2, -0.15) is 0 Å². The van der Waals surface area contributed by atoms with Crippen LogP contribution in [-0.4, -0.2) is 87.5 Å². The predicted octanol–water partition coefficient (Wildman–Crippen LogP) is 12.7. The molecule has 0 radical (unpaired) electrons. The monoisotopic (exact) mass is 926 g/mol. The Morgan fingerprint density at radius 2 is 0.939 bits per heavy atom. The summed E-state index contributed by atoms with van der Waals surface area (Å²) in [5.41, 5.74) is 0. The fraction of sp³-hybridized carbons (Fsp3) is 0.737. The molecule has 0 aromatic rings. The zero-order valence-electron chi connectivity index (χ0n) is 41.9. The Morgan fingerprint density at radius 3 is 1.39 bits per heavy atom. The molecule has 0 aromatic carbocycles. The van der Waals surface area contributed by atoms with Crippen molar-refractivity contribution >= 4 is 5.91 Å². The summed E-state index contributed by atoms with van der Waals surface area (Å²) in [5.74, 6) is -0.203. The summed E-state index contributed by atoms with van der Waals surface area (Å²) in [6.45, 7) is 3.65. The summed E-state index contributed by atoms with van der Waals surface area (Å²) < 4.78 is 11.2. The second-order valence-corrected chi connectivity index (χ2v) is 18.3. The lowest BCUT2D eigenvalue weighted by Crippen LogP contribution is -2.60. The minimum atomic E-state index is -1.58. The van der Waals surface area contributed by atoms with Gasteiger partial charge in [-0.3, -0.25) is 4.79 Å². The van der Waals surface area contributed by atoms with Crippen LogP contribution in [-0.2, 0) is 14.3 Å². The lowest BCUT2D eigenvalue weighted by Gasteiger charge is -2.40. The van der Waals surface area contributed by atoms with Crippen molar-refractivity contribution in [2.75, 3.05) is 13.2 Å². The van der Waals surface area contributed by atoms with E-state index < -0.39 is 49.5 Å². The molecule has 1 heterocycles. The number of carbonyl (C=O) groups is 1. The molecule has 0 spiro atoms. The second kappa shape index (κ2) is 46.1. The molecule has 6 N–H and O–H groups in total. The van der Waals surface area contributed by atoms with E-state index in [1.54, 1.807) is 6.08 Å². The maximum absolute atomic E-state index is 13.0. The molecule has 1 fully saturated rings. The Hall–Kier alpha value is -2.63. The molecular formula is C57H99NO8. The molecule has 66 heavy (non-hydrogen) atoms. The Morgan fingerprint density at radius 1 is 0.530 bits per heavy atom. The Kier molecular flexibility index (Phi) is 42.9. The molecule has 380 valence electrons. The van der Waals surface area contributed by atoms with Gasteiger partial charge < -0.3 is 40.3 Å². The zero-order chi connectivity index (χ0) is 48.0. The molecule has 1 aliphatic heterocycles. The summed E-state index contributed by atoms with van der Waals surface area (Å²) in [6.07, 6.45) is 57.7. The molecular weight excluding hydrogens is 827 g/mol. The number of aliphatic hydroxyl groups excluding tert-OH is 5. The lowest BCUT2D eigenvalue weighted by atomic mass is 9.99. The van der Waals surface area contributed by atoms with Crippen LogP contribution < -0.4 is 5.32 Å². The number of hydrogen-bond acceptors (Lipinski definition) is 8. The molecule has 0 saturated carbocycles. The van der Waals surface area contributed by atoms with Gasteiger partial charge in [0.2, 0.25) is 5.91 Å². The fourth-order valence-corrected chi connectivity index (χ4v) is 7.98. The zero-order valence-corrected chi connectivity index (χ0v) is 41.9. The smallest absolute Gasteiger partial charge is 0.220 e. The number of carbonyl (C=O) groups excluding carboxylic acids is 1. The highest BCUT2D eigenvalue weighted by molar-refractivity contribution is 5.76. The lowest BCUT2D eigenvalue weighted by molar-refractivity contribution is -0.302. The number of allylic oxidation sites excluding steroid dienone is 13. The number of rotatable bonds is 44. The topological polar surface area (TPSA) is 149 Å². The number of ether oxygens (including phenoxy) is 2. The van der Waals surface area contributed by atoms with Gasteiger partial charge in [-0.1, -0.05) is 221 Å². The number of aliphatic hydroxyl groups is 5. The van der Waals surface area contributed by atoms with E-state index in [9.17, 15) is 30.3 Å². The van der Waals surface area contributed by atoms with E-state index in [4.69, 9.17) is 9.47 Å². The van der Waals surface area contributed by atoms with Gasteiger partial charge in [-0.15, -0.1) is 0 Å². The first-order chi connectivity index (χ1) is 32.3. The van der Waals surface area contributed by atoms with Crippen molar-refractivity contribution in [3.05, 3.63) is 85.1 Å². The fourth-order valence-electron chi connectivity index (χ4n) is 7.98. The van der Waals surface area contributed by atoms with Gasteiger partial charge in [0, 0.05) is 6.42 Å². The van der Waals surface area contributed by atoms with Crippen molar-refractivity contribution in [2.45, 2.75) is 256 Å². The normalized spacial score (nSPS) is 20.5. The van der Waals surface area contributed by atoms with E-state index >= 15 is 0 Å². The molecule has 1 saturated heterocycles. The third kappa shape index (κ3) is 35.5. The molecule has 1 rings (SSSR count). The van der Waals surface area contributed by atoms with Gasteiger partial charge in [0.05, 0.1) is 25.4 Å². The summed E-state index contributed by atoms with van der Waals surface area (Å²) in [7, 11) is 0. The standard InChI is InChI=1S/C57H99NO8/c1-3-5-7-9-11-13-15-17-19-21-23-25-26-27-29-31-33-35-37-39-41-43-45-47-53(61)58-50(49-65-57-56(64)55(63)54(62)52(48-59)66-57)51(60)46-44-42-40-38-36-34-32-30-28-24-22-20-18-16-14-12-10-8-6-4-2/h5,7,11,13,17,19,23,25,27,29,33,35,44,46,50-52,54-57,59-60,62-64H,3-4,6,8-10,12,14-16,18,20-22,24,26,28,30-32,34,36-43,45,47-49H2,1-2H3,(H,58,61)/b7-5-,13-11-,19-17-,25-23-,29-27-,35-33-,46-44+. The van der Waals surface area contributed by atoms with Gasteiger partial charge in [0.1, 0.15) is 24.4 Å². The van der Waals surface area contributed by atoms with Crippen LogP contribution in [0.4, 0.5) is 0 Å². The van der Waals surface area contributed by atoms with Crippen LogP contribution in [0, 0.1) is 0 Å². The van der Waals surface area contributed by atoms with E-state index in [1.165, 1.54) is 103 Å². The first-order valence-corrected chi connectivity index (χ1v) is 26.8. The molecule has 0 aromatic heterocycles. The Bertz CT molecular complexity index is 1300. The highest BCUT2D eigenvalue weighted by Crippen LogP contribution is 2.23. The van der Waals surface area contributed by atoms with Crippen LogP contribution in [0.3, 0.4) is 0 Å². The molecule has 7 unspecified atom stereocenters. The number of unbranched alkanes of at least 4 members (excludes halogenated alkanes) is 22. The van der Waals surface area contributed by atoms with E-state index in [1.807, 2.05) is 6.08 Å². The summed E-state index contributed by atoms with van der Waals surface area (Å²) in [5, 5.41) is 54.4. The van der Waals surface area contributed by atoms with Crippen molar-refractivity contribution < 1.29 is 39.8 Å². The third-order valence-electron chi connectivity index (χ3n) is 12.2. The van der Waals surface area contributed by atoms with Crippen LogP contribution in [0.1, 0.15) is 213 Å². The minimum absolute atomic E-state index is 0.203. The van der Waals surface area contributed by atoms with Crippen molar-refractivity contribution in [2.24, 2.45) is 0 Å². The minimum Gasteiger partial charge on any atom is -0.394 e. The maximum Gasteiger partial charge on any atom is 0.220 e. The van der Waals surface area contributed by atoms with E-state index in [0.717, 1.165) is 89.9 Å². The van der Waals surface area contributed by atoms with Crippen molar-refractivity contribution in [3.8, 4) is 0 Å². The largest absolute Gasteiger partial charge is 0.394 e. The van der Waals surface area contributed by atoms with Crippen molar-refractivity contribution in [1.82, 2.24) is 5.32 Å². The Labute approximate surface area is 403 Å². The molecule has 7 atom stereocenters. The highest BCUT2D eigenvalue weighted by atomic mass is 16.7. The van der Waals surface area contributed by atoms with Gasteiger partial charge in [0.25, 0.3) is 0 Å². The first-order valence-electron chi connectivity index (χ1n) is 26.8. The maximum atomic E-state index is 13.0. The first kappa shape index (κ1) is 61.4. The van der Waals surface area contributed by atoms with Gasteiger partial charge in [0.15, 0.2) is 6.29 Å². The van der Waals surface area contributed by atoms with Crippen molar-refractivity contribution in [1.29, 1.82) is 0 Å². The third-order valence-corrected chi connectivity index (χ3v) is 12.2. The average molecular weight is 926 g/mol. The van der Waals surface area contributed by atoms with Gasteiger partial charge in [-0.25, -0.2) is 0 Å². The van der Waals surface area contributed by atoms with E-state index in [2.05, 4.69) is 92.1 Å². The molecule has 0 bridgehead atoms. The average Bonchev–Trinajstić information content (AvgIpc) is 3.32. The van der Waals surface area contributed by atoms with Crippen LogP contribution >= 0.6 is 0 Å². The summed E-state index contributed by atoms with van der Waals surface area (Å²) in [6, 6.07) is -0.824. The van der Waals surface area contributed by atoms with Crippen molar-refractivity contribution in [3.63, 3.8) is 0 Å². The highest BCUT2D eigenvalue weighted by Gasteiger charge is 2.44. The van der Waals surface area contributed by atoms with Crippen LogP contribution in [0.25, 0.3) is 0 Å². The number of amides is 1. The number of nitrogens with one attached hydrogen (secondary N) is 1. The molecule has 9 heteroatoms.